The number of aromatic carboxylic acids is 1. The van der Waals surface area contributed by atoms with Crippen LogP contribution in [0.4, 0.5) is 0 Å². The molecule has 2 aromatic rings. The summed E-state index contributed by atoms with van der Waals surface area (Å²) in [6.45, 7) is 2.57. The van der Waals surface area contributed by atoms with Crippen molar-refractivity contribution in [2.75, 3.05) is 0 Å². The molecule has 0 spiro atoms. The van der Waals surface area contributed by atoms with Crippen LogP contribution in [0, 0.1) is 6.92 Å². The number of rotatable bonds is 5. The standard InChI is InChI=1S/C25H30O11/c1-10-15(11(2)26)18(28)16-13(17(10)27)8-12(23(32)33)9-14(16)35-24-21(31)19(29)20(30)22(36-24)25(34)6-4-3-5-7-25/h8-9,19-22,24,27-31,34H,3-7H2,1-2H3,(H,32,33)/t19-,20-,21+,22-,24+/m0/s1. The minimum Gasteiger partial charge on any atom is -0.507 e. The fourth-order valence-corrected chi connectivity index (χ4v) is 5.28. The first-order valence-corrected chi connectivity index (χ1v) is 11.7. The van der Waals surface area contributed by atoms with Crippen LogP contribution in [0.3, 0.4) is 0 Å². The van der Waals surface area contributed by atoms with E-state index >= 15 is 0 Å². The highest BCUT2D eigenvalue weighted by molar-refractivity contribution is 6.11. The van der Waals surface area contributed by atoms with Gasteiger partial charge in [0, 0.05) is 10.9 Å². The van der Waals surface area contributed by atoms with E-state index in [-0.39, 0.29) is 46.1 Å². The molecule has 1 saturated carbocycles. The van der Waals surface area contributed by atoms with Crippen molar-refractivity contribution in [3.8, 4) is 17.2 Å². The number of ether oxygens (including phenoxy) is 2. The lowest BCUT2D eigenvalue weighted by molar-refractivity contribution is -0.308. The van der Waals surface area contributed by atoms with E-state index in [1.165, 1.54) is 13.8 Å². The molecule has 196 valence electrons. The number of ketones is 1. The molecule has 0 unspecified atom stereocenters. The topological polar surface area (TPSA) is 194 Å². The number of Topliss-reactive ketones (excluding diaryl/α,β-unsaturated/α-hetero) is 1. The summed E-state index contributed by atoms with van der Waals surface area (Å²) in [5.41, 5.74) is -2.00. The lowest BCUT2D eigenvalue weighted by atomic mass is 9.76. The first-order valence-electron chi connectivity index (χ1n) is 11.7. The van der Waals surface area contributed by atoms with Gasteiger partial charge in [0.2, 0.25) is 6.29 Å². The Labute approximate surface area is 206 Å². The number of aliphatic hydroxyl groups is 4. The van der Waals surface area contributed by atoms with Crippen molar-refractivity contribution in [3.63, 3.8) is 0 Å². The van der Waals surface area contributed by atoms with Crippen LogP contribution in [-0.4, -0.2) is 83.8 Å². The molecule has 0 bridgehead atoms. The Balaban J connectivity index is 1.84. The number of carboxylic acid groups (broad SMARTS) is 1. The van der Waals surface area contributed by atoms with Gasteiger partial charge < -0.3 is 45.2 Å². The molecule has 0 radical (unpaired) electrons. The summed E-state index contributed by atoms with van der Waals surface area (Å²) in [6.07, 6.45) is -5.46. The Kier molecular flexibility index (Phi) is 6.88. The summed E-state index contributed by atoms with van der Waals surface area (Å²) in [5.74, 6) is -3.34. The first-order chi connectivity index (χ1) is 16.9. The number of phenols is 2. The van der Waals surface area contributed by atoms with Crippen molar-refractivity contribution in [1.82, 2.24) is 0 Å². The first kappa shape index (κ1) is 26.1. The van der Waals surface area contributed by atoms with Gasteiger partial charge in [-0.15, -0.1) is 0 Å². The van der Waals surface area contributed by atoms with E-state index in [1.54, 1.807) is 0 Å². The average molecular weight is 507 g/mol. The molecule has 7 N–H and O–H groups in total. The fraction of sp³-hybridized carbons (Fsp3) is 0.520. The fourth-order valence-electron chi connectivity index (χ4n) is 5.28. The van der Waals surface area contributed by atoms with Gasteiger partial charge >= 0.3 is 5.97 Å². The van der Waals surface area contributed by atoms with Gasteiger partial charge in [0.05, 0.1) is 22.1 Å². The van der Waals surface area contributed by atoms with Gasteiger partial charge in [0.1, 0.15) is 41.7 Å². The number of phenolic OH excluding ortho intramolecular Hbond substituents is 2. The van der Waals surface area contributed by atoms with Crippen LogP contribution in [0.15, 0.2) is 12.1 Å². The summed E-state index contributed by atoms with van der Waals surface area (Å²) in [6, 6.07) is 2.11. The van der Waals surface area contributed by atoms with E-state index in [0.717, 1.165) is 18.6 Å². The monoisotopic (exact) mass is 506 g/mol. The number of aromatic hydroxyl groups is 2. The minimum atomic E-state index is -1.82. The van der Waals surface area contributed by atoms with Gasteiger partial charge in [0.25, 0.3) is 0 Å². The van der Waals surface area contributed by atoms with Crippen LogP contribution in [0.1, 0.15) is 65.3 Å². The van der Waals surface area contributed by atoms with Gasteiger partial charge in [0.15, 0.2) is 5.78 Å². The van der Waals surface area contributed by atoms with Crippen molar-refractivity contribution in [3.05, 3.63) is 28.8 Å². The Morgan fingerprint density at radius 2 is 1.64 bits per heavy atom. The Morgan fingerprint density at radius 1 is 1.00 bits per heavy atom. The average Bonchev–Trinajstić information content (AvgIpc) is 2.82. The van der Waals surface area contributed by atoms with Gasteiger partial charge in [-0.05, 0) is 38.8 Å². The van der Waals surface area contributed by atoms with Crippen LogP contribution in [0.2, 0.25) is 0 Å². The van der Waals surface area contributed by atoms with Crippen LogP contribution in [0.5, 0.6) is 17.2 Å². The zero-order chi connectivity index (χ0) is 26.5. The number of hydrogen-bond donors (Lipinski definition) is 7. The predicted octanol–water partition coefficient (Wildman–Crippen LogP) is 1.34. The van der Waals surface area contributed by atoms with E-state index in [1.807, 2.05) is 0 Å². The molecule has 0 aromatic heterocycles. The molecule has 1 aliphatic carbocycles. The molecule has 1 saturated heterocycles. The molecular weight excluding hydrogens is 476 g/mol. The number of carbonyl (C=O) groups is 2. The van der Waals surface area contributed by atoms with Crippen LogP contribution in [-0.2, 0) is 4.74 Å². The highest BCUT2D eigenvalue weighted by Gasteiger charge is 2.53. The zero-order valence-corrected chi connectivity index (χ0v) is 19.8. The molecule has 0 amide bonds. The molecule has 5 atom stereocenters. The number of carboxylic acids is 1. The van der Waals surface area contributed by atoms with E-state index in [0.29, 0.717) is 12.8 Å². The second kappa shape index (κ2) is 9.49. The number of carbonyl (C=O) groups excluding carboxylic acids is 1. The van der Waals surface area contributed by atoms with E-state index in [2.05, 4.69) is 0 Å². The van der Waals surface area contributed by atoms with Crippen LogP contribution < -0.4 is 4.74 Å². The Morgan fingerprint density at radius 3 is 2.22 bits per heavy atom. The molecule has 36 heavy (non-hydrogen) atoms. The van der Waals surface area contributed by atoms with E-state index < -0.39 is 59.6 Å². The molecule has 11 heteroatoms. The summed E-state index contributed by atoms with van der Waals surface area (Å²) in [4.78, 5) is 23.9. The number of hydrogen-bond acceptors (Lipinski definition) is 10. The lowest BCUT2D eigenvalue weighted by Gasteiger charge is -2.48. The maximum atomic E-state index is 12.2. The largest absolute Gasteiger partial charge is 0.507 e. The maximum Gasteiger partial charge on any atom is 0.335 e. The molecule has 2 aliphatic rings. The summed E-state index contributed by atoms with van der Waals surface area (Å²) in [7, 11) is 0. The van der Waals surface area contributed by atoms with Gasteiger partial charge in [-0.25, -0.2) is 4.79 Å². The Bertz CT molecular complexity index is 1200. The number of aliphatic hydroxyl groups excluding tert-OH is 3. The third-order valence-electron chi connectivity index (χ3n) is 7.22. The second-order valence-electron chi connectivity index (χ2n) is 9.63. The molecule has 1 aliphatic heterocycles. The summed E-state index contributed by atoms with van der Waals surface area (Å²) >= 11 is 0. The highest BCUT2D eigenvalue weighted by Crippen LogP contribution is 2.46. The minimum absolute atomic E-state index is 0.0352. The number of benzene rings is 2. The van der Waals surface area contributed by atoms with Crippen molar-refractivity contribution < 1.29 is 54.8 Å². The van der Waals surface area contributed by atoms with Crippen LogP contribution in [0.25, 0.3) is 10.8 Å². The lowest BCUT2D eigenvalue weighted by Crippen LogP contribution is -2.65. The molecule has 1 heterocycles. The third kappa shape index (κ3) is 4.27. The normalized spacial score (nSPS) is 28.1. The third-order valence-corrected chi connectivity index (χ3v) is 7.22. The molecule has 2 fully saturated rings. The smallest absolute Gasteiger partial charge is 0.335 e. The van der Waals surface area contributed by atoms with Crippen molar-refractivity contribution in [2.45, 2.75) is 82.3 Å². The van der Waals surface area contributed by atoms with E-state index in [9.17, 15) is 45.3 Å². The van der Waals surface area contributed by atoms with Gasteiger partial charge in [-0.2, -0.15) is 0 Å². The zero-order valence-electron chi connectivity index (χ0n) is 19.8. The molecule has 11 nitrogen and oxygen atoms in total. The van der Waals surface area contributed by atoms with E-state index in [4.69, 9.17) is 9.47 Å². The van der Waals surface area contributed by atoms with Crippen molar-refractivity contribution in [1.29, 1.82) is 0 Å². The SMILES string of the molecule is CC(=O)c1c(C)c(O)c2cc(C(=O)O)cc(O[C@@H]3O[C@H](C4(O)CCCCC4)[C@@H](O)[C@H](O)[C@H]3O)c2c1O. The predicted molar refractivity (Wildman–Crippen MR) is 124 cm³/mol. The van der Waals surface area contributed by atoms with Gasteiger partial charge in [-0.3, -0.25) is 4.79 Å². The van der Waals surface area contributed by atoms with Crippen LogP contribution >= 0.6 is 0 Å². The molecular formula is C25H30O11. The molecule has 2 aromatic carbocycles. The van der Waals surface area contributed by atoms with Crippen molar-refractivity contribution in [2.24, 2.45) is 0 Å². The summed E-state index contributed by atoms with van der Waals surface area (Å²) in [5, 5.41) is 73.7. The summed E-state index contributed by atoms with van der Waals surface area (Å²) < 4.78 is 11.5. The maximum absolute atomic E-state index is 12.2. The quantitative estimate of drug-likeness (QED) is 0.228. The Hall–Kier alpha value is -2.96. The van der Waals surface area contributed by atoms with Crippen molar-refractivity contribution >= 4 is 22.5 Å². The van der Waals surface area contributed by atoms with Gasteiger partial charge in [-0.1, -0.05) is 19.3 Å². The number of fused-ring (bicyclic) bond motifs is 1. The molecule has 4 rings (SSSR count). The second-order valence-corrected chi connectivity index (χ2v) is 9.63. The highest BCUT2D eigenvalue weighted by atomic mass is 16.7.